The van der Waals surface area contributed by atoms with Crippen molar-refractivity contribution < 1.29 is 0 Å². The van der Waals surface area contributed by atoms with E-state index in [9.17, 15) is 0 Å². The average Bonchev–Trinajstić information content (AvgIpc) is 2.82. The van der Waals surface area contributed by atoms with Crippen LogP contribution in [0.1, 0.15) is 43.0 Å². The first kappa shape index (κ1) is 15.2. The lowest BCUT2D eigenvalue weighted by molar-refractivity contribution is 0.660. The molecule has 0 amide bonds. The van der Waals surface area contributed by atoms with Crippen LogP contribution in [0.15, 0.2) is 60.7 Å². The summed E-state index contributed by atoms with van der Waals surface area (Å²) in [6, 6.07) is 22.5. The minimum atomic E-state index is 0.0828. The van der Waals surface area contributed by atoms with Crippen LogP contribution in [0.5, 0.6) is 0 Å². The van der Waals surface area contributed by atoms with Crippen molar-refractivity contribution >= 4 is 0 Å². The summed E-state index contributed by atoms with van der Waals surface area (Å²) in [5.74, 6) is 0. The number of fused-ring (bicyclic) bond motifs is 3. The summed E-state index contributed by atoms with van der Waals surface area (Å²) < 4.78 is 0. The Morgan fingerprint density at radius 1 is 0.708 bits per heavy atom. The first-order chi connectivity index (χ1) is 11.5. The van der Waals surface area contributed by atoms with E-state index in [1.807, 2.05) is 0 Å². The number of hydrogen-bond acceptors (Lipinski definition) is 0. The molecule has 1 aliphatic carbocycles. The van der Waals surface area contributed by atoms with Crippen LogP contribution >= 0.6 is 0 Å². The van der Waals surface area contributed by atoms with Crippen LogP contribution < -0.4 is 0 Å². The Hall–Kier alpha value is -2.34. The summed E-state index contributed by atoms with van der Waals surface area (Å²) in [7, 11) is 0. The lowest BCUT2D eigenvalue weighted by Crippen LogP contribution is -2.15. The third-order valence-electron chi connectivity index (χ3n) is 5.62. The molecular formula is C24H24. The lowest BCUT2D eigenvalue weighted by Gasteiger charge is -2.22. The third kappa shape index (κ3) is 2.06. The smallest absolute Gasteiger partial charge is 0.0158 e. The molecule has 0 saturated carbocycles. The molecule has 0 nitrogen and oxygen atoms in total. The van der Waals surface area contributed by atoms with Gasteiger partial charge in [0.05, 0.1) is 0 Å². The van der Waals surface area contributed by atoms with E-state index in [2.05, 4.69) is 88.4 Å². The molecule has 0 spiro atoms. The number of aryl methyl sites for hydroxylation is 2. The molecule has 120 valence electrons. The number of benzene rings is 3. The standard InChI is InChI=1S/C24H24/c1-5-17-10-6-7-11-18(17)20-15-21-19-12-8-9-13-22(19)24(3,4)23(21)14-16(20)2/h6-15H,5H2,1-4H3. The molecule has 0 atom stereocenters. The summed E-state index contributed by atoms with van der Waals surface area (Å²) >= 11 is 0. The topological polar surface area (TPSA) is 0 Å². The normalized spacial score (nSPS) is 14.3. The second-order valence-electron chi connectivity index (χ2n) is 7.39. The minimum Gasteiger partial charge on any atom is -0.0620 e. The van der Waals surface area contributed by atoms with Crippen molar-refractivity contribution in [3.05, 3.63) is 82.9 Å². The van der Waals surface area contributed by atoms with Gasteiger partial charge in [-0.2, -0.15) is 0 Å². The maximum Gasteiger partial charge on any atom is 0.0158 e. The van der Waals surface area contributed by atoms with Gasteiger partial charge in [-0.1, -0.05) is 75.4 Å². The summed E-state index contributed by atoms with van der Waals surface area (Å²) in [4.78, 5) is 0. The Kier molecular flexibility index (Phi) is 3.38. The molecule has 0 bridgehead atoms. The first-order valence-corrected chi connectivity index (χ1v) is 8.87. The molecule has 0 saturated heterocycles. The molecular weight excluding hydrogens is 288 g/mol. The van der Waals surface area contributed by atoms with Crippen molar-refractivity contribution in [1.29, 1.82) is 0 Å². The predicted molar refractivity (Wildman–Crippen MR) is 104 cm³/mol. The molecule has 1 aliphatic rings. The Morgan fingerprint density at radius 2 is 1.38 bits per heavy atom. The molecule has 0 heterocycles. The quantitative estimate of drug-likeness (QED) is 0.504. The molecule has 4 rings (SSSR count). The third-order valence-corrected chi connectivity index (χ3v) is 5.62. The van der Waals surface area contributed by atoms with Gasteiger partial charge in [0, 0.05) is 5.41 Å². The van der Waals surface area contributed by atoms with Gasteiger partial charge < -0.3 is 0 Å². The van der Waals surface area contributed by atoms with Crippen molar-refractivity contribution in [3.8, 4) is 22.3 Å². The highest BCUT2D eigenvalue weighted by Gasteiger charge is 2.35. The molecule has 0 aliphatic heterocycles. The second kappa shape index (κ2) is 5.34. The molecule has 0 radical (unpaired) electrons. The predicted octanol–water partition coefficient (Wildman–Crippen LogP) is 6.53. The van der Waals surface area contributed by atoms with Gasteiger partial charge in [-0.3, -0.25) is 0 Å². The van der Waals surface area contributed by atoms with E-state index in [1.165, 1.54) is 44.5 Å². The van der Waals surface area contributed by atoms with E-state index in [1.54, 1.807) is 0 Å². The van der Waals surface area contributed by atoms with E-state index in [0.29, 0.717) is 0 Å². The van der Waals surface area contributed by atoms with E-state index in [4.69, 9.17) is 0 Å². The van der Waals surface area contributed by atoms with Gasteiger partial charge in [0.25, 0.3) is 0 Å². The van der Waals surface area contributed by atoms with Crippen LogP contribution in [0.2, 0.25) is 0 Å². The van der Waals surface area contributed by atoms with E-state index < -0.39 is 0 Å². The van der Waals surface area contributed by atoms with Crippen molar-refractivity contribution in [2.24, 2.45) is 0 Å². The van der Waals surface area contributed by atoms with Crippen LogP contribution in [-0.4, -0.2) is 0 Å². The highest BCUT2D eigenvalue weighted by molar-refractivity contribution is 5.86. The Labute approximate surface area is 145 Å². The van der Waals surface area contributed by atoms with Gasteiger partial charge in [0.2, 0.25) is 0 Å². The fourth-order valence-corrected chi connectivity index (χ4v) is 4.24. The Balaban J connectivity index is 2.00. The van der Waals surface area contributed by atoms with Crippen molar-refractivity contribution in [2.45, 2.75) is 39.5 Å². The van der Waals surface area contributed by atoms with Crippen LogP contribution in [0.4, 0.5) is 0 Å². The molecule has 0 fully saturated rings. The van der Waals surface area contributed by atoms with Crippen molar-refractivity contribution in [3.63, 3.8) is 0 Å². The molecule has 24 heavy (non-hydrogen) atoms. The lowest BCUT2D eigenvalue weighted by atomic mass is 9.81. The van der Waals surface area contributed by atoms with Crippen molar-refractivity contribution in [1.82, 2.24) is 0 Å². The maximum absolute atomic E-state index is 2.42. The van der Waals surface area contributed by atoms with Gasteiger partial charge in [-0.25, -0.2) is 0 Å². The molecule has 3 aromatic carbocycles. The molecule has 0 N–H and O–H groups in total. The molecule has 3 aromatic rings. The van der Waals surface area contributed by atoms with Gasteiger partial charge >= 0.3 is 0 Å². The van der Waals surface area contributed by atoms with Crippen molar-refractivity contribution in [2.75, 3.05) is 0 Å². The van der Waals surface area contributed by atoms with Crippen LogP contribution in [-0.2, 0) is 11.8 Å². The average molecular weight is 312 g/mol. The van der Waals surface area contributed by atoms with Gasteiger partial charge in [0.15, 0.2) is 0 Å². The van der Waals surface area contributed by atoms with Crippen LogP contribution in [0.25, 0.3) is 22.3 Å². The zero-order valence-electron chi connectivity index (χ0n) is 15.0. The fraction of sp³-hybridized carbons (Fsp3) is 0.250. The Bertz CT molecular complexity index is 929. The van der Waals surface area contributed by atoms with Gasteiger partial charge in [0.1, 0.15) is 0 Å². The van der Waals surface area contributed by atoms with E-state index in [-0.39, 0.29) is 5.41 Å². The number of rotatable bonds is 2. The fourth-order valence-electron chi connectivity index (χ4n) is 4.24. The first-order valence-electron chi connectivity index (χ1n) is 8.87. The molecule has 0 heteroatoms. The SMILES string of the molecule is CCc1ccccc1-c1cc2c(cc1C)C(C)(C)c1ccccc1-2. The van der Waals surface area contributed by atoms with E-state index >= 15 is 0 Å². The second-order valence-corrected chi connectivity index (χ2v) is 7.39. The minimum absolute atomic E-state index is 0.0828. The molecule has 0 unspecified atom stereocenters. The van der Waals surface area contributed by atoms with E-state index in [0.717, 1.165) is 6.42 Å². The zero-order chi connectivity index (χ0) is 16.9. The monoisotopic (exact) mass is 312 g/mol. The highest BCUT2D eigenvalue weighted by atomic mass is 14.4. The van der Waals surface area contributed by atoms with Crippen LogP contribution in [0.3, 0.4) is 0 Å². The van der Waals surface area contributed by atoms with Gasteiger partial charge in [-0.05, 0) is 63.9 Å². The van der Waals surface area contributed by atoms with Gasteiger partial charge in [-0.15, -0.1) is 0 Å². The summed E-state index contributed by atoms with van der Waals surface area (Å²) in [6.07, 6.45) is 1.06. The maximum atomic E-state index is 2.42. The summed E-state index contributed by atoms with van der Waals surface area (Å²) in [5.41, 5.74) is 11.3. The zero-order valence-corrected chi connectivity index (χ0v) is 15.0. The van der Waals surface area contributed by atoms with Crippen LogP contribution in [0, 0.1) is 6.92 Å². The highest BCUT2D eigenvalue weighted by Crippen LogP contribution is 2.50. The summed E-state index contributed by atoms with van der Waals surface area (Å²) in [6.45, 7) is 9.18. The Morgan fingerprint density at radius 3 is 2.12 bits per heavy atom. The molecule has 0 aromatic heterocycles. The number of hydrogen-bond donors (Lipinski definition) is 0. The summed E-state index contributed by atoms with van der Waals surface area (Å²) in [5, 5.41) is 0. The largest absolute Gasteiger partial charge is 0.0620 e.